The summed E-state index contributed by atoms with van der Waals surface area (Å²) < 4.78 is 11.0. The molecule has 0 heterocycles. The van der Waals surface area contributed by atoms with Crippen LogP contribution in [0, 0.1) is 11.8 Å². The van der Waals surface area contributed by atoms with Crippen molar-refractivity contribution in [3.05, 3.63) is 97.1 Å². The summed E-state index contributed by atoms with van der Waals surface area (Å²) in [6.45, 7) is 9.45. The summed E-state index contributed by atoms with van der Waals surface area (Å²) in [4.78, 5) is 51.0. The normalized spacial score (nSPS) is 13.3. The minimum absolute atomic E-state index is 0.0475. The molecule has 0 aliphatic heterocycles. The number of carbonyl (C=O) groups excluding carboxylic acids is 4. The lowest BCUT2D eigenvalue weighted by molar-refractivity contribution is -0.150. The Balaban J connectivity index is 1.98. The van der Waals surface area contributed by atoms with Gasteiger partial charge < -0.3 is 30.5 Å². The molecule has 0 saturated heterocycles. The quantitative estimate of drug-likeness (QED) is 0.0840. The van der Waals surface area contributed by atoms with Crippen molar-refractivity contribution in [1.29, 1.82) is 0 Å². The van der Waals surface area contributed by atoms with Crippen LogP contribution in [0.2, 0.25) is 0 Å². The average molecular weight is 636 g/mol. The SMILES string of the molecule is C=CC[C@H](CC(=O)N[C@@H](C)CO)C(=O)N[C@@H](CCCCNC(=O)OCc1ccccc1)COC(=O)[C@@H](CC=C)Cc1ccccc1. The maximum Gasteiger partial charge on any atom is 0.407 e. The first-order chi connectivity index (χ1) is 22.2. The molecule has 0 radical (unpaired) electrons. The van der Waals surface area contributed by atoms with Gasteiger partial charge in [0.15, 0.2) is 0 Å². The molecule has 4 atom stereocenters. The van der Waals surface area contributed by atoms with Gasteiger partial charge in [-0.15, -0.1) is 13.2 Å². The van der Waals surface area contributed by atoms with Crippen LogP contribution in [0.4, 0.5) is 4.79 Å². The van der Waals surface area contributed by atoms with E-state index in [1.807, 2.05) is 60.7 Å². The summed E-state index contributed by atoms with van der Waals surface area (Å²) >= 11 is 0. The van der Waals surface area contributed by atoms with Crippen molar-refractivity contribution >= 4 is 23.9 Å². The molecule has 0 aliphatic carbocycles. The molecule has 2 aromatic rings. The Morgan fingerprint density at radius 3 is 2.11 bits per heavy atom. The van der Waals surface area contributed by atoms with Crippen molar-refractivity contribution < 1.29 is 33.8 Å². The highest BCUT2D eigenvalue weighted by molar-refractivity contribution is 5.86. The first kappa shape index (κ1) is 37.7. The van der Waals surface area contributed by atoms with Crippen LogP contribution in [0.25, 0.3) is 0 Å². The number of esters is 1. The van der Waals surface area contributed by atoms with E-state index in [1.165, 1.54) is 0 Å². The number of alkyl carbamates (subject to hydrolysis) is 1. The molecule has 3 amide bonds. The monoisotopic (exact) mass is 635 g/mol. The first-order valence-electron chi connectivity index (χ1n) is 15.8. The van der Waals surface area contributed by atoms with Crippen molar-refractivity contribution in [1.82, 2.24) is 16.0 Å². The maximum absolute atomic E-state index is 13.3. The zero-order valence-corrected chi connectivity index (χ0v) is 26.8. The van der Waals surface area contributed by atoms with Crippen LogP contribution in [-0.2, 0) is 36.9 Å². The average Bonchev–Trinajstić information content (AvgIpc) is 3.06. The van der Waals surface area contributed by atoms with Gasteiger partial charge in [-0.1, -0.05) is 72.8 Å². The predicted octanol–water partition coefficient (Wildman–Crippen LogP) is 4.63. The fourth-order valence-electron chi connectivity index (χ4n) is 4.75. The van der Waals surface area contributed by atoms with Gasteiger partial charge in [-0.25, -0.2) is 4.79 Å². The Morgan fingerprint density at radius 2 is 1.48 bits per heavy atom. The molecule has 10 heteroatoms. The minimum atomic E-state index is -0.686. The lowest BCUT2D eigenvalue weighted by Gasteiger charge is -2.24. The number of aliphatic hydroxyl groups is 1. The Bertz CT molecular complexity index is 1220. The van der Waals surface area contributed by atoms with Crippen molar-refractivity contribution in [2.75, 3.05) is 19.8 Å². The Labute approximate surface area is 272 Å². The zero-order chi connectivity index (χ0) is 33.6. The topological polar surface area (TPSA) is 143 Å². The number of ether oxygens (including phenoxy) is 2. The molecule has 0 aliphatic rings. The van der Waals surface area contributed by atoms with Crippen molar-refractivity contribution in [3.8, 4) is 0 Å². The summed E-state index contributed by atoms with van der Waals surface area (Å²) in [5.41, 5.74) is 1.90. The number of amides is 3. The number of hydrogen-bond donors (Lipinski definition) is 4. The van der Waals surface area contributed by atoms with Crippen LogP contribution < -0.4 is 16.0 Å². The largest absolute Gasteiger partial charge is 0.463 e. The van der Waals surface area contributed by atoms with Crippen molar-refractivity contribution in [2.24, 2.45) is 11.8 Å². The number of aliphatic hydroxyl groups excluding tert-OH is 1. The van der Waals surface area contributed by atoms with Gasteiger partial charge in [-0.3, -0.25) is 14.4 Å². The molecule has 4 N–H and O–H groups in total. The molecule has 10 nitrogen and oxygen atoms in total. The van der Waals surface area contributed by atoms with Gasteiger partial charge in [0.05, 0.1) is 24.5 Å². The van der Waals surface area contributed by atoms with E-state index in [-0.39, 0.29) is 50.4 Å². The van der Waals surface area contributed by atoms with E-state index in [0.29, 0.717) is 38.6 Å². The third kappa shape index (κ3) is 15.5. The summed E-state index contributed by atoms with van der Waals surface area (Å²) in [6, 6.07) is 18.1. The molecule has 0 saturated carbocycles. The van der Waals surface area contributed by atoms with Crippen molar-refractivity contribution in [2.45, 2.75) is 70.6 Å². The molecule has 0 spiro atoms. The predicted molar refractivity (Wildman–Crippen MR) is 177 cm³/mol. The third-order valence-electron chi connectivity index (χ3n) is 7.28. The molecule has 250 valence electrons. The van der Waals surface area contributed by atoms with E-state index in [1.54, 1.807) is 19.1 Å². The second kappa shape index (κ2) is 22.1. The maximum atomic E-state index is 13.3. The van der Waals surface area contributed by atoms with Gasteiger partial charge in [0.25, 0.3) is 0 Å². The molecule has 2 rings (SSSR count). The fraction of sp³-hybridized carbons (Fsp3) is 0.444. The van der Waals surface area contributed by atoms with E-state index in [9.17, 15) is 24.3 Å². The second-order valence-corrected chi connectivity index (χ2v) is 11.3. The Kier molecular flexibility index (Phi) is 18.2. The number of hydrogen-bond acceptors (Lipinski definition) is 7. The van der Waals surface area contributed by atoms with E-state index in [0.717, 1.165) is 11.1 Å². The van der Waals surface area contributed by atoms with Crippen LogP contribution in [0.5, 0.6) is 0 Å². The molecule has 46 heavy (non-hydrogen) atoms. The fourth-order valence-corrected chi connectivity index (χ4v) is 4.75. The highest BCUT2D eigenvalue weighted by atomic mass is 16.5. The highest BCUT2D eigenvalue weighted by Crippen LogP contribution is 2.16. The third-order valence-corrected chi connectivity index (χ3v) is 7.28. The van der Waals surface area contributed by atoms with Gasteiger partial charge in [0, 0.05) is 19.0 Å². The molecule has 2 aromatic carbocycles. The lowest BCUT2D eigenvalue weighted by Crippen LogP contribution is -2.44. The number of carbonyl (C=O) groups is 4. The van der Waals surface area contributed by atoms with Crippen LogP contribution in [0.3, 0.4) is 0 Å². The number of unbranched alkanes of at least 4 members (excludes halogenated alkanes) is 1. The van der Waals surface area contributed by atoms with Crippen LogP contribution in [0.15, 0.2) is 86.0 Å². The summed E-state index contributed by atoms with van der Waals surface area (Å²) in [5.74, 6) is -2.21. The standard InChI is InChI=1S/C36H49N3O7/c1-4-14-30(23-33(41)38-27(3)24-40)34(42)39-32(20-12-13-21-37-36(44)46-25-29-18-10-7-11-19-29)26-45-35(43)31(15-5-2)22-28-16-8-6-9-17-28/h4-11,16-19,27,30-32,40H,1-2,12-15,20-26H2,3H3,(H,37,44)(H,38,41)(H,39,42)/t27-,30+,31-,32-/m0/s1. The van der Waals surface area contributed by atoms with Crippen LogP contribution >= 0.6 is 0 Å². The lowest BCUT2D eigenvalue weighted by atomic mass is 9.96. The number of rotatable bonds is 22. The van der Waals surface area contributed by atoms with Gasteiger partial charge in [0.1, 0.15) is 13.2 Å². The first-order valence-corrected chi connectivity index (χ1v) is 15.8. The molecule has 0 aromatic heterocycles. The van der Waals surface area contributed by atoms with E-state index in [2.05, 4.69) is 29.1 Å². The van der Waals surface area contributed by atoms with Gasteiger partial charge >= 0.3 is 12.1 Å². The van der Waals surface area contributed by atoms with Gasteiger partial charge in [-0.2, -0.15) is 0 Å². The molecule has 0 fully saturated rings. The number of nitrogens with one attached hydrogen (secondary N) is 3. The molecular weight excluding hydrogens is 586 g/mol. The summed E-state index contributed by atoms with van der Waals surface area (Å²) in [5, 5.41) is 17.6. The number of benzene rings is 2. The smallest absolute Gasteiger partial charge is 0.407 e. The van der Waals surface area contributed by atoms with Gasteiger partial charge in [0.2, 0.25) is 11.8 Å². The Hall–Kier alpha value is -4.44. The minimum Gasteiger partial charge on any atom is -0.463 e. The summed E-state index contributed by atoms with van der Waals surface area (Å²) in [6.07, 6.45) is 5.57. The Morgan fingerprint density at radius 1 is 0.848 bits per heavy atom. The van der Waals surface area contributed by atoms with Crippen LogP contribution in [-0.4, -0.2) is 60.8 Å². The molecule has 0 bridgehead atoms. The second-order valence-electron chi connectivity index (χ2n) is 11.3. The highest BCUT2D eigenvalue weighted by Gasteiger charge is 2.26. The zero-order valence-electron chi connectivity index (χ0n) is 26.8. The van der Waals surface area contributed by atoms with E-state index < -0.39 is 30.0 Å². The molecular formula is C36H49N3O7. The van der Waals surface area contributed by atoms with Gasteiger partial charge in [-0.05, 0) is 56.6 Å². The van der Waals surface area contributed by atoms with Crippen LogP contribution in [0.1, 0.15) is 56.6 Å². The van der Waals surface area contributed by atoms with Crippen molar-refractivity contribution in [3.63, 3.8) is 0 Å². The van der Waals surface area contributed by atoms with E-state index >= 15 is 0 Å². The van der Waals surface area contributed by atoms with E-state index in [4.69, 9.17) is 9.47 Å². The summed E-state index contributed by atoms with van der Waals surface area (Å²) in [7, 11) is 0. The number of allylic oxidation sites excluding steroid dienone is 2. The molecule has 0 unspecified atom stereocenters.